The lowest BCUT2D eigenvalue weighted by atomic mass is 10.2. The van der Waals surface area contributed by atoms with E-state index >= 15 is 0 Å². The van der Waals surface area contributed by atoms with E-state index in [2.05, 4.69) is 20.9 Å². The number of sulfonamides is 1. The van der Waals surface area contributed by atoms with Gasteiger partial charge in [-0.05, 0) is 49.2 Å². The second kappa shape index (κ2) is 10.6. The fraction of sp³-hybridized carbons (Fsp3) is 0.333. The number of imidazole rings is 1. The van der Waals surface area contributed by atoms with E-state index in [1.807, 2.05) is 39.0 Å². The zero-order valence-electron chi connectivity index (χ0n) is 18.8. The molecule has 7 nitrogen and oxygen atoms in total. The van der Waals surface area contributed by atoms with Crippen molar-refractivity contribution in [2.75, 3.05) is 19.6 Å². The molecule has 0 spiro atoms. The molecular weight excluding hydrogens is 424 g/mol. The van der Waals surface area contributed by atoms with Crippen LogP contribution in [-0.4, -0.2) is 47.8 Å². The molecule has 1 amide bonds. The van der Waals surface area contributed by atoms with Crippen molar-refractivity contribution >= 4 is 33.0 Å². The Morgan fingerprint density at radius 1 is 1.09 bits per heavy atom. The maximum Gasteiger partial charge on any atom is 0.244 e. The average molecular weight is 455 g/mol. The van der Waals surface area contributed by atoms with Crippen LogP contribution in [0.2, 0.25) is 0 Å². The predicted molar refractivity (Wildman–Crippen MR) is 128 cm³/mol. The number of nitrogens with one attached hydrogen (secondary N) is 1. The van der Waals surface area contributed by atoms with Crippen LogP contribution in [0.1, 0.15) is 31.7 Å². The minimum atomic E-state index is -3.48. The lowest BCUT2D eigenvalue weighted by Crippen LogP contribution is -2.30. The third-order valence-corrected chi connectivity index (χ3v) is 7.42. The van der Waals surface area contributed by atoms with Crippen LogP contribution in [0.25, 0.3) is 17.1 Å². The second-order valence-electron chi connectivity index (χ2n) is 7.44. The Hall–Kier alpha value is -2.97. The lowest BCUT2D eigenvalue weighted by Gasteiger charge is -2.18. The van der Waals surface area contributed by atoms with Gasteiger partial charge in [0.05, 0.1) is 15.9 Å². The van der Waals surface area contributed by atoms with Crippen LogP contribution in [0.3, 0.4) is 0 Å². The third kappa shape index (κ3) is 5.44. The predicted octanol–water partition coefficient (Wildman–Crippen LogP) is 3.59. The summed E-state index contributed by atoms with van der Waals surface area (Å²) in [5.74, 6) is 0.779. The Morgan fingerprint density at radius 2 is 1.78 bits per heavy atom. The number of para-hydroxylation sites is 2. The van der Waals surface area contributed by atoms with Gasteiger partial charge in [0, 0.05) is 32.3 Å². The van der Waals surface area contributed by atoms with Gasteiger partial charge in [0.2, 0.25) is 15.9 Å². The molecule has 1 N–H and O–H groups in total. The Balaban J connectivity index is 1.50. The molecule has 0 atom stereocenters. The molecule has 0 fully saturated rings. The summed E-state index contributed by atoms with van der Waals surface area (Å²) in [6.07, 6.45) is 3.93. The van der Waals surface area contributed by atoms with E-state index < -0.39 is 10.0 Å². The summed E-state index contributed by atoms with van der Waals surface area (Å²) in [6.45, 7) is 7.80. The average Bonchev–Trinajstić information content (AvgIpc) is 3.11. The number of amides is 1. The van der Waals surface area contributed by atoms with Gasteiger partial charge in [-0.2, -0.15) is 4.31 Å². The van der Waals surface area contributed by atoms with Crippen LogP contribution >= 0.6 is 0 Å². The van der Waals surface area contributed by atoms with Crippen LogP contribution in [0.4, 0.5) is 0 Å². The first-order valence-corrected chi connectivity index (χ1v) is 12.3. The smallest absolute Gasteiger partial charge is 0.244 e. The maximum atomic E-state index is 12.5. The zero-order chi connectivity index (χ0) is 23.1. The summed E-state index contributed by atoms with van der Waals surface area (Å²) < 4.78 is 28.6. The number of carbonyl (C=O) groups excluding carboxylic acids is 1. The van der Waals surface area contributed by atoms with Crippen LogP contribution in [0, 0.1) is 6.92 Å². The van der Waals surface area contributed by atoms with E-state index in [0.717, 1.165) is 35.4 Å². The number of aromatic nitrogens is 2. The molecule has 2 aromatic carbocycles. The summed E-state index contributed by atoms with van der Waals surface area (Å²) >= 11 is 0. The van der Waals surface area contributed by atoms with Gasteiger partial charge in [0.15, 0.2) is 0 Å². The molecule has 0 radical (unpaired) electrons. The number of rotatable bonds is 10. The van der Waals surface area contributed by atoms with Crippen molar-refractivity contribution in [2.24, 2.45) is 0 Å². The van der Waals surface area contributed by atoms with E-state index in [1.165, 1.54) is 10.4 Å². The molecule has 0 bridgehead atoms. The highest BCUT2D eigenvalue weighted by Crippen LogP contribution is 2.17. The van der Waals surface area contributed by atoms with Crippen LogP contribution in [0.5, 0.6) is 0 Å². The highest BCUT2D eigenvalue weighted by Gasteiger charge is 2.20. The van der Waals surface area contributed by atoms with Gasteiger partial charge in [-0.1, -0.05) is 38.1 Å². The molecule has 3 rings (SSSR count). The first-order chi connectivity index (χ1) is 15.4. The van der Waals surface area contributed by atoms with Crippen molar-refractivity contribution in [1.29, 1.82) is 0 Å². The van der Waals surface area contributed by atoms with E-state index in [9.17, 15) is 13.2 Å². The molecule has 32 heavy (non-hydrogen) atoms. The van der Waals surface area contributed by atoms with Crippen molar-refractivity contribution < 1.29 is 13.2 Å². The topological polar surface area (TPSA) is 84.3 Å². The Morgan fingerprint density at radius 3 is 2.47 bits per heavy atom. The molecule has 0 unspecified atom stereocenters. The van der Waals surface area contributed by atoms with E-state index in [4.69, 9.17) is 0 Å². The molecule has 0 saturated heterocycles. The number of aryl methyl sites for hydroxylation is 2. The highest BCUT2D eigenvalue weighted by atomic mass is 32.2. The molecule has 0 saturated carbocycles. The fourth-order valence-corrected chi connectivity index (χ4v) is 5.08. The summed E-state index contributed by atoms with van der Waals surface area (Å²) in [6, 6.07) is 14.6. The van der Waals surface area contributed by atoms with Crippen LogP contribution in [0.15, 0.2) is 59.5 Å². The van der Waals surface area contributed by atoms with E-state index in [0.29, 0.717) is 19.6 Å². The van der Waals surface area contributed by atoms with Crippen molar-refractivity contribution in [1.82, 2.24) is 19.2 Å². The molecule has 8 heteroatoms. The van der Waals surface area contributed by atoms with Crippen molar-refractivity contribution in [3.05, 3.63) is 66.0 Å². The molecule has 3 aromatic rings. The summed E-state index contributed by atoms with van der Waals surface area (Å²) in [5, 5.41) is 2.89. The molecule has 170 valence electrons. The molecule has 1 aromatic heterocycles. The summed E-state index contributed by atoms with van der Waals surface area (Å²) in [7, 11) is -3.48. The molecule has 0 aliphatic rings. The Labute approximate surface area is 189 Å². The summed E-state index contributed by atoms with van der Waals surface area (Å²) in [4.78, 5) is 16.9. The molecular formula is C24H30N4O3S. The number of hydrogen-bond acceptors (Lipinski definition) is 4. The van der Waals surface area contributed by atoms with Crippen LogP contribution < -0.4 is 5.32 Å². The number of nitrogens with zero attached hydrogens (tertiary/aromatic N) is 3. The van der Waals surface area contributed by atoms with E-state index in [1.54, 1.807) is 30.3 Å². The highest BCUT2D eigenvalue weighted by molar-refractivity contribution is 7.89. The normalized spacial score (nSPS) is 12.1. The molecule has 0 aliphatic carbocycles. The Bertz CT molecular complexity index is 1190. The monoisotopic (exact) mass is 454 g/mol. The molecule has 1 heterocycles. The van der Waals surface area contributed by atoms with Gasteiger partial charge in [-0.15, -0.1) is 0 Å². The van der Waals surface area contributed by atoms with Gasteiger partial charge in [0.1, 0.15) is 5.82 Å². The summed E-state index contributed by atoms with van der Waals surface area (Å²) in [5.41, 5.74) is 2.84. The lowest BCUT2D eigenvalue weighted by molar-refractivity contribution is -0.116. The number of hydrogen-bond donors (Lipinski definition) is 1. The van der Waals surface area contributed by atoms with Crippen molar-refractivity contribution in [3.8, 4) is 0 Å². The first-order valence-electron chi connectivity index (χ1n) is 10.8. The van der Waals surface area contributed by atoms with Crippen LogP contribution in [-0.2, 0) is 21.4 Å². The number of fused-ring (bicyclic) bond motifs is 1. The van der Waals surface area contributed by atoms with Gasteiger partial charge < -0.3 is 9.88 Å². The third-order valence-electron chi connectivity index (χ3n) is 5.35. The van der Waals surface area contributed by atoms with Crippen molar-refractivity contribution in [2.45, 2.75) is 38.6 Å². The largest absolute Gasteiger partial charge is 0.352 e. The zero-order valence-corrected chi connectivity index (χ0v) is 19.6. The Kier molecular flexibility index (Phi) is 7.82. The maximum absolute atomic E-state index is 12.5. The van der Waals surface area contributed by atoms with Gasteiger partial charge in [-0.3, -0.25) is 4.79 Å². The van der Waals surface area contributed by atoms with Gasteiger partial charge in [-0.25, -0.2) is 13.4 Å². The van der Waals surface area contributed by atoms with Gasteiger partial charge in [0.25, 0.3) is 0 Å². The standard InChI is InChI=1S/C24H30N4O3S/c1-4-27(5-2)32(30,31)21-14-11-20(12-15-21)13-16-24(29)25-17-8-18-28-19(3)26-22-9-6-7-10-23(22)28/h6-7,9-16H,4-5,8,17-18H2,1-3H3,(H,25,29)/b16-13+. The molecule has 0 aliphatic heterocycles. The van der Waals surface area contributed by atoms with E-state index in [-0.39, 0.29) is 10.8 Å². The van der Waals surface area contributed by atoms with Crippen molar-refractivity contribution in [3.63, 3.8) is 0 Å². The second-order valence-corrected chi connectivity index (χ2v) is 9.37. The quantitative estimate of drug-likeness (QED) is 0.375. The fourth-order valence-electron chi connectivity index (χ4n) is 3.62. The first kappa shape index (κ1) is 23.7. The minimum Gasteiger partial charge on any atom is -0.352 e. The number of benzene rings is 2. The minimum absolute atomic E-state index is 0.183. The SMILES string of the molecule is CCN(CC)S(=O)(=O)c1ccc(/C=C/C(=O)NCCCn2c(C)nc3ccccc32)cc1. The number of carbonyl (C=O) groups is 1. The van der Waals surface area contributed by atoms with Gasteiger partial charge >= 0.3 is 0 Å².